The Morgan fingerprint density at radius 3 is 1.78 bits per heavy atom. The molecule has 3 aromatic heterocycles. The maximum absolute atomic E-state index is 6.79. The van der Waals surface area contributed by atoms with E-state index in [4.69, 9.17) is 9.72 Å². The van der Waals surface area contributed by atoms with E-state index in [2.05, 4.69) is 264 Å². The van der Waals surface area contributed by atoms with E-state index >= 15 is 0 Å². The Bertz CT molecular complexity index is 3730. The molecule has 0 N–H and O–H groups in total. The van der Waals surface area contributed by atoms with Crippen LogP contribution in [0, 0.1) is 23.9 Å². The zero-order chi connectivity index (χ0) is 49.9. The second kappa shape index (κ2) is 19.3. The van der Waals surface area contributed by atoms with Crippen LogP contribution in [0.25, 0.3) is 83.4 Å². The molecule has 0 fully saturated rings. The fourth-order valence-electron chi connectivity index (χ4n) is 10.1. The zero-order valence-corrected chi connectivity index (χ0v) is 45.4. The molecule has 0 unspecified atom stereocenters. The average Bonchev–Trinajstić information content (AvgIpc) is 3.91. The third kappa shape index (κ3) is 9.72. The summed E-state index contributed by atoms with van der Waals surface area (Å²) in [7, 11) is 0. The molecule has 73 heavy (non-hydrogen) atoms. The van der Waals surface area contributed by atoms with Crippen LogP contribution in [0.4, 0.5) is 0 Å². The number of imidazole rings is 1. The van der Waals surface area contributed by atoms with E-state index in [0.717, 1.165) is 84.3 Å². The Morgan fingerprint density at radius 1 is 0.521 bits per heavy atom. The van der Waals surface area contributed by atoms with Crippen molar-refractivity contribution in [2.45, 2.75) is 79.6 Å². The quantitative estimate of drug-likeness (QED) is 0.107. The third-order valence-corrected chi connectivity index (χ3v) is 13.7. The Morgan fingerprint density at radius 2 is 1.12 bits per heavy atom. The van der Waals surface area contributed by atoms with Gasteiger partial charge in [0, 0.05) is 49.8 Å². The smallest absolute Gasteiger partial charge is 0.268 e. The molecule has 0 saturated carbocycles. The summed E-state index contributed by atoms with van der Waals surface area (Å²) >= 11 is 0. The van der Waals surface area contributed by atoms with Crippen LogP contribution < -0.4 is 9.30 Å². The van der Waals surface area contributed by atoms with Crippen LogP contribution in [0.15, 0.2) is 188 Å². The molecule has 0 spiro atoms. The summed E-state index contributed by atoms with van der Waals surface area (Å²) in [5.74, 6) is 2.00. The normalized spacial score (nSPS) is 12.1. The fraction of sp³-hybridized carbons (Fsp3) is 0.194. The second-order valence-electron chi connectivity index (χ2n) is 22.4. The predicted octanol–water partition coefficient (Wildman–Crippen LogP) is 16.8. The molecule has 0 amide bonds. The van der Waals surface area contributed by atoms with Crippen molar-refractivity contribution in [3.8, 4) is 62.1 Å². The molecule has 5 nitrogen and oxygen atoms in total. The van der Waals surface area contributed by atoms with Gasteiger partial charge < -0.3 is 13.9 Å². The van der Waals surface area contributed by atoms with Crippen LogP contribution >= 0.6 is 0 Å². The first-order valence-electron chi connectivity index (χ1n) is 25.1. The van der Waals surface area contributed by atoms with Crippen molar-refractivity contribution in [1.82, 2.24) is 14.1 Å². The van der Waals surface area contributed by atoms with Gasteiger partial charge in [-0.25, -0.2) is 4.98 Å². The first-order valence-corrected chi connectivity index (χ1v) is 25.1. The summed E-state index contributed by atoms with van der Waals surface area (Å²) in [4.78, 5) is 5.27. The van der Waals surface area contributed by atoms with Crippen molar-refractivity contribution < 1.29 is 30.4 Å². The Labute approximate surface area is 445 Å². The molecular weight excluding hydrogens is 1070 g/mol. The van der Waals surface area contributed by atoms with Crippen LogP contribution in [-0.2, 0) is 38.3 Å². The molecule has 0 aliphatic heterocycles. The predicted molar refractivity (Wildman–Crippen MR) is 297 cm³/mol. The van der Waals surface area contributed by atoms with Gasteiger partial charge in [-0.2, -0.15) is 18.2 Å². The van der Waals surface area contributed by atoms with Crippen molar-refractivity contribution in [3.63, 3.8) is 0 Å². The average molecular weight is 1130 g/mol. The van der Waals surface area contributed by atoms with Gasteiger partial charge in [0.05, 0.1) is 16.7 Å². The minimum absolute atomic E-state index is 0. The van der Waals surface area contributed by atoms with Crippen molar-refractivity contribution >= 4 is 32.8 Å². The van der Waals surface area contributed by atoms with E-state index in [-0.39, 0.29) is 37.3 Å². The van der Waals surface area contributed by atoms with Gasteiger partial charge in [0.15, 0.2) is 0 Å². The number of hydrogen-bond acceptors (Lipinski definition) is 2. The molecular formula is C67H60N4OPt-2. The Hall–Kier alpha value is -7.33. The summed E-state index contributed by atoms with van der Waals surface area (Å²) in [5, 5.41) is 2.24. The molecule has 0 atom stereocenters. The standard InChI is InChI=1S/C67H60N4O.Pt/c1-65(2,3)42-48-38-63(68-43-58(48)47-30-32-49(33-31-47)66(4,5)6)71-59-37-34-50(67(7,8)9)39-57(59)56-36-35-53(41-62(56)71)72-52-25-18-24-51(40-52)69-44-70(61-29-17-16-28-60(61)69)64-54(45-20-12-10-13-21-45)26-19-27-55(64)46-22-14-11-15-23-46;/h10-39,43H,42H2,1-9H3;/q-2;. The summed E-state index contributed by atoms with van der Waals surface area (Å²) in [6.45, 7) is 20.5. The van der Waals surface area contributed by atoms with Gasteiger partial charge in [-0.1, -0.05) is 207 Å². The van der Waals surface area contributed by atoms with E-state index < -0.39 is 0 Å². The van der Waals surface area contributed by atoms with Crippen LogP contribution in [0.3, 0.4) is 0 Å². The topological polar surface area (TPSA) is 35.9 Å². The number of benzene rings is 8. The largest absolute Gasteiger partial charge is 0.510 e. The van der Waals surface area contributed by atoms with E-state index in [0.29, 0.717) is 11.5 Å². The molecule has 0 saturated heterocycles. The molecule has 3 heterocycles. The first-order chi connectivity index (χ1) is 34.6. The van der Waals surface area contributed by atoms with Gasteiger partial charge >= 0.3 is 0 Å². The van der Waals surface area contributed by atoms with E-state index in [1.807, 2.05) is 18.2 Å². The number of nitrogens with zero attached hydrogens (tertiary/aromatic N) is 4. The van der Waals surface area contributed by atoms with Gasteiger partial charge in [0.1, 0.15) is 5.82 Å². The van der Waals surface area contributed by atoms with Gasteiger partial charge in [-0.15, -0.1) is 29.7 Å². The molecule has 8 aromatic carbocycles. The summed E-state index contributed by atoms with van der Waals surface area (Å²) in [6.07, 6.45) is 6.74. The maximum atomic E-state index is 6.79. The second-order valence-corrected chi connectivity index (χ2v) is 22.4. The number of fused-ring (bicyclic) bond motifs is 4. The molecule has 0 bridgehead atoms. The van der Waals surface area contributed by atoms with Crippen LogP contribution in [-0.4, -0.2) is 14.1 Å². The molecule has 366 valence electrons. The van der Waals surface area contributed by atoms with Crippen LogP contribution in [0.2, 0.25) is 0 Å². The van der Waals surface area contributed by atoms with Gasteiger partial charge in [-0.3, -0.25) is 4.57 Å². The number of pyridine rings is 1. The maximum Gasteiger partial charge on any atom is 0.268 e. The SMILES string of the molecule is CC(C)(C)Cc1cc(-n2c3[c-]c(Oc4[c-]c(-n5[c-][n+](-c6c(-c7ccccc7)cccc6-c6ccccc6)c6ccccc65)ccc4)ccc3c3cc(C(C)(C)C)ccc32)ncc1-c1ccc(C(C)(C)C)cc1.[Pt]. The molecule has 0 aliphatic rings. The van der Waals surface area contributed by atoms with Crippen molar-refractivity contribution in [2.75, 3.05) is 0 Å². The number of rotatable bonds is 9. The van der Waals surface area contributed by atoms with E-state index in [1.165, 1.54) is 22.3 Å². The number of ether oxygens (including phenoxy) is 1. The molecule has 6 heteroatoms. The van der Waals surface area contributed by atoms with E-state index in [9.17, 15) is 0 Å². The monoisotopic (exact) mass is 1130 g/mol. The third-order valence-electron chi connectivity index (χ3n) is 13.7. The Kier molecular flexibility index (Phi) is 13.0. The molecule has 11 aromatic rings. The minimum atomic E-state index is -0.0320. The Balaban J connectivity index is 0.00000611. The zero-order valence-electron chi connectivity index (χ0n) is 43.1. The molecule has 0 radical (unpaired) electrons. The molecule has 11 rings (SSSR count). The number of hydrogen-bond donors (Lipinski definition) is 0. The first kappa shape index (κ1) is 49.3. The van der Waals surface area contributed by atoms with E-state index in [1.54, 1.807) is 0 Å². The number of aromatic nitrogens is 4. The summed E-state index contributed by atoms with van der Waals surface area (Å²) in [5.41, 5.74) is 16.6. The fourth-order valence-corrected chi connectivity index (χ4v) is 10.1. The van der Waals surface area contributed by atoms with Crippen LogP contribution in [0.5, 0.6) is 11.5 Å². The van der Waals surface area contributed by atoms with Crippen molar-refractivity contribution in [2.24, 2.45) is 5.41 Å². The summed E-state index contributed by atoms with van der Waals surface area (Å²) in [6, 6.07) is 71.9. The van der Waals surface area contributed by atoms with Gasteiger partial charge in [-0.05, 0) is 90.4 Å². The van der Waals surface area contributed by atoms with Gasteiger partial charge in [0.25, 0.3) is 6.33 Å². The molecule has 0 aliphatic carbocycles. The van der Waals surface area contributed by atoms with Crippen molar-refractivity contribution in [1.29, 1.82) is 0 Å². The van der Waals surface area contributed by atoms with Gasteiger partial charge in [0.2, 0.25) is 0 Å². The number of para-hydroxylation sites is 3. The minimum Gasteiger partial charge on any atom is -0.510 e. The van der Waals surface area contributed by atoms with Crippen molar-refractivity contribution in [3.05, 3.63) is 223 Å². The summed E-state index contributed by atoms with van der Waals surface area (Å²) < 4.78 is 13.3. The van der Waals surface area contributed by atoms with Crippen LogP contribution in [0.1, 0.15) is 79.0 Å².